The minimum absolute atomic E-state index is 0. The van der Waals surface area contributed by atoms with Gasteiger partial charge in [0.2, 0.25) is 0 Å². The van der Waals surface area contributed by atoms with Crippen molar-refractivity contribution in [2.24, 2.45) is 10.8 Å². The van der Waals surface area contributed by atoms with Gasteiger partial charge in [0.1, 0.15) is 5.76 Å². The zero-order chi connectivity index (χ0) is 37.3. The van der Waals surface area contributed by atoms with E-state index in [1.54, 1.807) is 0 Å². The van der Waals surface area contributed by atoms with Gasteiger partial charge >= 0.3 is 0 Å². The quantitative estimate of drug-likeness (QED) is 0.0892. The fourth-order valence-electron chi connectivity index (χ4n) is 7.46. The Balaban J connectivity index is 0.000000238. The summed E-state index contributed by atoms with van der Waals surface area (Å²) in [5.41, 5.74) is 7.18. The molecule has 3 aromatic heterocycles. The van der Waals surface area contributed by atoms with Gasteiger partial charge in [-0.2, -0.15) is 0 Å². The van der Waals surface area contributed by atoms with E-state index in [9.17, 15) is 9.90 Å². The molecule has 5 nitrogen and oxygen atoms in total. The van der Waals surface area contributed by atoms with E-state index in [1.807, 2.05) is 53.8 Å². The normalized spacial score (nSPS) is 12.3. The zero-order valence-corrected chi connectivity index (χ0v) is 34.4. The van der Waals surface area contributed by atoms with Crippen LogP contribution in [0, 0.1) is 16.9 Å². The molecule has 1 radical (unpaired) electrons. The van der Waals surface area contributed by atoms with Gasteiger partial charge in [-0.1, -0.05) is 114 Å². The Bertz CT molecular complexity index is 2610. The standard InChI is InChI=1S/C33H20N3.C15H28O2.Ir/c1-3-12-23(13-4-1)35-27-18-9-17-26-30(27)31-28(35)19-10-20-29(31)36(24-14-5-2-6-15-24)33-25-16-8-7-11-22(25)21-34-32(26)33;1-7-14(5,8-2)12(16)11-13(17)15(6,9-3)10-4;/h1-16,18-21H;11,16H,7-10H2,1-6H3;/q-1;;/b;12-11-;. The summed E-state index contributed by atoms with van der Waals surface area (Å²) in [6, 6.07) is 44.2. The van der Waals surface area contributed by atoms with E-state index in [1.165, 1.54) is 27.8 Å². The molecule has 0 saturated carbocycles. The Kier molecular flexibility index (Phi) is 11.3. The van der Waals surface area contributed by atoms with E-state index in [4.69, 9.17) is 4.98 Å². The number of aromatic nitrogens is 3. The molecule has 3 heterocycles. The Hall–Kier alpha value is -5.03. The fraction of sp³-hybridized carbons (Fsp3) is 0.250. The summed E-state index contributed by atoms with van der Waals surface area (Å²) in [6.07, 6.45) is 6.75. The first-order chi connectivity index (χ1) is 25.7. The maximum atomic E-state index is 12.2. The van der Waals surface area contributed by atoms with Crippen molar-refractivity contribution in [1.29, 1.82) is 0 Å². The molecular weight excluding hydrogens is 843 g/mol. The van der Waals surface area contributed by atoms with Crippen LogP contribution in [0.1, 0.15) is 67.2 Å². The molecule has 0 spiro atoms. The molecule has 0 aliphatic heterocycles. The summed E-state index contributed by atoms with van der Waals surface area (Å²) in [5, 5.41) is 15.9. The summed E-state index contributed by atoms with van der Waals surface area (Å²) < 4.78 is 4.75. The van der Waals surface area contributed by atoms with Gasteiger partial charge < -0.3 is 19.2 Å². The maximum absolute atomic E-state index is 12.2. The van der Waals surface area contributed by atoms with Crippen LogP contribution in [-0.2, 0) is 24.9 Å². The third kappa shape index (κ3) is 6.56. The van der Waals surface area contributed by atoms with Gasteiger partial charge in [-0.25, -0.2) is 0 Å². The van der Waals surface area contributed by atoms with Crippen LogP contribution in [0.25, 0.3) is 65.9 Å². The number of fused-ring (bicyclic) bond motifs is 4. The number of carbonyl (C=O) groups excluding carboxylic acids is 1. The van der Waals surface area contributed by atoms with E-state index >= 15 is 0 Å². The summed E-state index contributed by atoms with van der Waals surface area (Å²) in [6.45, 7) is 12.1. The number of carbonyl (C=O) groups is 1. The SMILES string of the molecule is CCC(C)(CC)C(=O)/C=C(\O)C(C)(CC)CC.[Ir].[c-]1ccc2c3c1c1ncc4ccccc4c1n(-c1ccccc1)c1cccc(c31)n2-c1ccccc1. The summed E-state index contributed by atoms with van der Waals surface area (Å²) in [7, 11) is 0. The van der Waals surface area contributed by atoms with Gasteiger partial charge in [0.15, 0.2) is 5.78 Å². The first-order valence-corrected chi connectivity index (χ1v) is 18.9. The topological polar surface area (TPSA) is 60.0 Å². The predicted molar refractivity (Wildman–Crippen MR) is 222 cm³/mol. The van der Waals surface area contributed by atoms with Crippen LogP contribution in [0.15, 0.2) is 133 Å². The molecule has 0 aliphatic rings. The zero-order valence-electron chi connectivity index (χ0n) is 32.0. The molecule has 5 aromatic carbocycles. The number of aliphatic hydroxyl groups excluding tert-OH is 1. The molecule has 0 saturated heterocycles. The van der Waals surface area contributed by atoms with Gasteiger partial charge in [-0.15, -0.1) is 23.6 Å². The van der Waals surface area contributed by atoms with Crippen LogP contribution in [0.5, 0.6) is 0 Å². The predicted octanol–water partition coefficient (Wildman–Crippen LogP) is 12.9. The van der Waals surface area contributed by atoms with E-state index in [2.05, 4.69) is 124 Å². The first-order valence-electron chi connectivity index (χ1n) is 18.9. The molecule has 8 aromatic rings. The van der Waals surface area contributed by atoms with Crippen LogP contribution in [0.3, 0.4) is 0 Å². The number of hydrogen-bond acceptors (Lipinski definition) is 3. The second-order valence-corrected chi connectivity index (χ2v) is 14.6. The van der Waals surface area contributed by atoms with Crippen molar-refractivity contribution < 1.29 is 30.0 Å². The number of hydrogen-bond donors (Lipinski definition) is 1. The molecule has 0 aliphatic carbocycles. The molecule has 0 fully saturated rings. The van der Waals surface area contributed by atoms with Crippen LogP contribution < -0.4 is 0 Å². The molecule has 277 valence electrons. The van der Waals surface area contributed by atoms with Crippen molar-refractivity contribution in [3.8, 4) is 11.4 Å². The first kappa shape index (κ1) is 38.7. The average molecular weight is 891 g/mol. The van der Waals surface area contributed by atoms with Crippen molar-refractivity contribution in [3.05, 3.63) is 139 Å². The number of para-hydroxylation sites is 2. The molecule has 0 unspecified atom stereocenters. The number of ketones is 1. The van der Waals surface area contributed by atoms with Crippen molar-refractivity contribution in [3.63, 3.8) is 0 Å². The summed E-state index contributed by atoms with van der Waals surface area (Å²) >= 11 is 0. The molecule has 8 rings (SSSR count). The van der Waals surface area contributed by atoms with Crippen molar-refractivity contribution >= 4 is 60.3 Å². The number of rotatable bonds is 9. The Morgan fingerprint density at radius 1 is 0.685 bits per heavy atom. The largest absolute Gasteiger partial charge is 0.512 e. The number of pyridine rings is 1. The maximum Gasteiger partial charge on any atom is 0.164 e. The molecule has 54 heavy (non-hydrogen) atoms. The van der Waals surface area contributed by atoms with E-state index < -0.39 is 0 Å². The van der Waals surface area contributed by atoms with E-state index in [0.29, 0.717) is 0 Å². The Morgan fingerprint density at radius 2 is 1.22 bits per heavy atom. The Labute approximate surface area is 331 Å². The molecule has 0 amide bonds. The second-order valence-electron chi connectivity index (χ2n) is 14.6. The van der Waals surface area contributed by atoms with Crippen LogP contribution >= 0.6 is 0 Å². The summed E-state index contributed by atoms with van der Waals surface area (Å²) in [5.74, 6) is 0.286. The van der Waals surface area contributed by atoms with Crippen LogP contribution in [0.4, 0.5) is 0 Å². The molecule has 1 N–H and O–H groups in total. The molecule has 0 bridgehead atoms. The minimum atomic E-state index is -0.337. The number of allylic oxidation sites excluding steroid dienone is 2. The van der Waals surface area contributed by atoms with Crippen LogP contribution in [0.2, 0.25) is 0 Å². The molecule has 6 heteroatoms. The smallest absolute Gasteiger partial charge is 0.164 e. The van der Waals surface area contributed by atoms with Crippen molar-refractivity contribution in [1.82, 2.24) is 14.1 Å². The third-order valence-electron chi connectivity index (χ3n) is 11.8. The average Bonchev–Trinajstić information content (AvgIpc) is 3.49. The van der Waals surface area contributed by atoms with Gasteiger partial charge in [-0.3, -0.25) is 4.79 Å². The van der Waals surface area contributed by atoms with Crippen molar-refractivity contribution in [2.45, 2.75) is 67.2 Å². The number of benzene rings is 5. The molecule has 0 atom stereocenters. The molecular formula is C48H48IrN3O2-. The van der Waals surface area contributed by atoms with Gasteiger partial charge in [0, 0.05) is 82.0 Å². The van der Waals surface area contributed by atoms with E-state index in [-0.39, 0.29) is 42.5 Å². The fourth-order valence-corrected chi connectivity index (χ4v) is 7.46. The number of nitrogens with zero attached hydrogens (tertiary/aromatic N) is 3. The third-order valence-corrected chi connectivity index (χ3v) is 11.8. The second kappa shape index (κ2) is 15.8. The summed E-state index contributed by atoms with van der Waals surface area (Å²) in [4.78, 5) is 17.3. The monoisotopic (exact) mass is 891 g/mol. The van der Waals surface area contributed by atoms with Gasteiger partial charge in [0.05, 0.1) is 0 Å². The van der Waals surface area contributed by atoms with Gasteiger partial charge in [-0.05, 0) is 78.4 Å². The Morgan fingerprint density at radius 3 is 1.83 bits per heavy atom. The van der Waals surface area contributed by atoms with Crippen molar-refractivity contribution in [2.75, 3.05) is 0 Å². The van der Waals surface area contributed by atoms with Gasteiger partial charge in [0.25, 0.3) is 0 Å². The minimum Gasteiger partial charge on any atom is -0.512 e. The van der Waals surface area contributed by atoms with Crippen LogP contribution in [-0.4, -0.2) is 25.0 Å². The van der Waals surface area contributed by atoms with E-state index in [0.717, 1.165) is 69.9 Å². The number of aliphatic hydroxyl groups is 1.